The SMILES string of the molecule is CC(=O)NCCCn1c2c(c3ccc([N+](=O)[O-])cc3c1=O)C(=O)c1ccccc1-2. The van der Waals surface area contributed by atoms with Gasteiger partial charge in [0.05, 0.1) is 21.6 Å². The summed E-state index contributed by atoms with van der Waals surface area (Å²) in [6.45, 7) is 2.05. The van der Waals surface area contributed by atoms with Crippen LogP contribution in [-0.4, -0.2) is 27.7 Å². The van der Waals surface area contributed by atoms with E-state index >= 15 is 0 Å². The molecule has 2 aromatic carbocycles. The van der Waals surface area contributed by atoms with E-state index in [1.54, 1.807) is 24.3 Å². The molecule has 0 saturated carbocycles. The molecule has 0 fully saturated rings. The maximum Gasteiger partial charge on any atom is 0.270 e. The molecule has 0 unspecified atom stereocenters. The molecule has 146 valence electrons. The minimum absolute atomic E-state index is 0.138. The standard InChI is InChI=1S/C21H17N3O5/c1-12(25)22-9-4-10-23-19-15-5-2-3-6-16(15)20(26)18(19)14-8-7-13(24(28)29)11-17(14)21(23)27/h2-3,5-8,11H,4,9-10H2,1H3,(H,22,25). The predicted molar refractivity (Wildman–Crippen MR) is 107 cm³/mol. The number of hydrogen-bond acceptors (Lipinski definition) is 5. The fourth-order valence-corrected chi connectivity index (χ4v) is 3.80. The number of nitrogens with one attached hydrogen (secondary N) is 1. The van der Waals surface area contributed by atoms with Gasteiger partial charge in [-0.05, 0) is 12.5 Å². The van der Waals surface area contributed by atoms with Crippen molar-refractivity contribution in [2.45, 2.75) is 19.9 Å². The molecular weight excluding hydrogens is 374 g/mol. The van der Waals surface area contributed by atoms with Crippen LogP contribution in [-0.2, 0) is 11.3 Å². The number of nitro groups is 1. The molecule has 1 amide bonds. The zero-order valence-electron chi connectivity index (χ0n) is 15.6. The number of nitrogens with zero attached hydrogens (tertiary/aromatic N) is 2. The molecular formula is C21H17N3O5. The lowest BCUT2D eigenvalue weighted by Gasteiger charge is -2.15. The number of carbonyl (C=O) groups excluding carboxylic acids is 2. The second kappa shape index (κ2) is 6.97. The number of hydrogen-bond donors (Lipinski definition) is 1. The van der Waals surface area contributed by atoms with Gasteiger partial charge in [0.25, 0.3) is 11.2 Å². The van der Waals surface area contributed by atoms with Crippen molar-refractivity contribution in [1.29, 1.82) is 0 Å². The molecule has 1 heterocycles. The molecule has 1 aromatic heterocycles. The second-order valence-electron chi connectivity index (χ2n) is 6.88. The molecule has 29 heavy (non-hydrogen) atoms. The van der Waals surface area contributed by atoms with Gasteiger partial charge in [0.1, 0.15) is 0 Å². The first-order valence-corrected chi connectivity index (χ1v) is 9.13. The zero-order chi connectivity index (χ0) is 20.7. The molecule has 0 saturated heterocycles. The molecule has 0 aliphatic heterocycles. The van der Waals surface area contributed by atoms with Crippen molar-refractivity contribution in [3.63, 3.8) is 0 Å². The Hall–Kier alpha value is -3.81. The number of amides is 1. The van der Waals surface area contributed by atoms with Crippen LogP contribution < -0.4 is 10.9 Å². The van der Waals surface area contributed by atoms with E-state index in [9.17, 15) is 24.5 Å². The summed E-state index contributed by atoms with van der Waals surface area (Å²) in [5, 5.41) is 14.4. The van der Waals surface area contributed by atoms with E-state index in [-0.39, 0.29) is 29.3 Å². The Kier molecular flexibility index (Phi) is 4.46. The van der Waals surface area contributed by atoms with Gasteiger partial charge < -0.3 is 9.88 Å². The normalized spacial score (nSPS) is 12.0. The fourth-order valence-electron chi connectivity index (χ4n) is 3.80. The summed E-state index contributed by atoms with van der Waals surface area (Å²) in [5.41, 5.74) is 1.49. The van der Waals surface area contributed by atoms with E-state index in [1.807, 2.05) is 0 Å². The lowest BCUT2D eigenvalue weighted by atomic mass is 10.0. The van der Waals surface area contributed by atoms with Crippen LogP contribution in [0.5, 0.6) is 0 Å². The summed E-state index contributed by atoms with van der Waals surface area (Å²) >= 11 is 0. The van der Waals surface area contributed by atoms with Gasteiger partial charge in [-0.2, -0.15) is 0 Å². The average molecular weight is 391 g/mol. The number of rotatable bonds is 5. The molecule has 0 atom stereocenters. The van der Waals surface area contributed by atoms with E-state index in [4.69, 9.17) is 0 Å². The van der Waals surface area contributed by atoms with E-state index in [2.05, 4.69) is 5.32 Å². The molecule has 1 aliphatic rings. The fraction of sp³-hybridized carbons (Fsp3) is 0.190. The minimum atomic E-state index is -0.566. The molecule has 0 radical (unpaired) electrons. The summed E-state index contributed by atoms with van der Waals surface area (Å²) in [4.78, 5) is 48.1. The summed E-state index contributed by atoms with van der Waals surface area (Å²) in [6, 6.07) is 11.1. The van der Waals surface area contributed by atoms with E-state index < -0.39 is 10.5 Å². The number of nitro benzene ring substituents is 1. The Morgan fingerprint density at radius 2 is 1.83 bits per heavy atom. The first kappa shape index (κ1) is 18.5. The number of aromatic nitrogens is 1. The van der Waals surface area contributed by atoms with Crippen molar-refractivity contribution in [1.82, 2.24) is 9.88 Å². The maximum absolute atomic E-state index is 13.2. The highest BCUT2D eigenvalue weighted by Gasteiger charge is 2.32. The van der Waals surface area contributed by atoms with Crippen LogP contribution in [0.15, 0.2) is 47.3 Å². The highest BCUT2D eigenvalue weighted by atomic mass is 16.6. The van der Waals surface area contributed by atoms with Gasteiger partial charge in [0.15, 0.2) is 5.78 Å². The molecule has 1 aliphatic carbocycles. The second-order valence-corrected chi connectivity index (χ2v) is 6.88. The molecule has 1 N–H and O–H groups in total. The smallest absolute Gasteiger partial charge is 0.270 e. The Balaban J connectivity index is 1.96. The van der Waals surface area contributed by atoms with Gasteiger partial charge in [-0.25, -0.2) is 0 Å². The predicted octanol–water partition coefficient (Wildman–Crippen LogP) is 2.65. The van der Waals surface area contributed by atoms with Crippen molar-refractivity contribution >= 4 is 28.2 Å². The number of carbonyl (C=O) groups is 2. The van der Waals surface area contributed by atoms with E-state index in [0.29, 0.717) is 40.7 Å². The molecule has 8 heteroatoms. The third-order valence-corrected chi connectivity index (χ3v) is 5.05. The monoisotopic (exact) mass is 391 g/mol. The Bertz CT molecular complexity index is 1260. The van der Waals surface area contributed by atoms with Gasteiger partial charge in [-0.3, -0.25) is 24.5 Å². The third kappa shape index (κ3) is 2.98. The topological polar surface area (TPSA) is 111 Å². The van der Waals surface area contributed by atoms with Crippen LogP contribution in [0.25, 0.3) is 22.0 Å². The highest BCUT2D eigenvalue weighted by Crippen LogP contribution is 2.39. The van der Waals surface area contributed by atoms with Gasteiger partial charge in [-0.1, -0.05) is 24.3 Å². The summed E-state index contributed by atoms with van der Waals surface area (Å²) in [6.07, 6.45) is 0.475. The van der Waals surface area contributed by atoms with Crippen molar-refractivity contribution in [2.24, 2.45) is 0 Å². The van der Waals surface area contributed by atoms with Gasteiger partial charge >= 0.3 is 0 Å². The molecule has 0 bridgehead atoms. The van der Waals surface area contributed by atoms with Crippen molar-refractivity contribution in [3.05, 3.63) is 74.1 Å². The van der Waals surface area contributed by atoms with Crippen LogP contribution in [0.3, 0.4) is 0 Å². The minimum Gasteiger partial charge on any atom is -0.356 e. The van der Waals surface area contributed by atoms with Crippen LogP contribution in [0.1, 0.15) is 29.3 Å². The summed E-state index contributed by atoms with van der Waals surface area (Å²) in [5.74, 6) is -0.373. The average Bonchev–Trinajstić information content (AvgIpc) is 3.00. The zero-order valence-corrected chi connectivity index (χ0v) is 15.6. The Morgan fingerprint density at radius 1 is 1.10 bits per heavy atom. The van der Waals surface area contributed by atoms with Gasteiger partial charge in [0.2, 0.25) is 5.91 Å². The maximum atomic E-state index is 13.2. The van der Waals surface area contributed by atoms with Crippen molar-refractivity contribution in [2.75, 3.05) is 6.54 Å². The third-order valence-electron chi connectivity index (χ3n) is 5.05. The molecule has 0 spiro atoms. The first-order valence-electron chi connectivity index (χ1n) is 9.13. The van der Waals surface area contributed by atoms with Gasteiger partial charge in [-0.15, -0.1) is 0 Å². The number of pyridine rings is 1. The lowest BCUT2D eigenvalue weighted by Crippen LogP contribution is -2.27. The Labute approximate surface area is 164 Å². The summed E-state index contributed by atoms with van der Waals surface area (Å²) < 4.78 is 1.49. The van der Waals surface area contributed by atoms with E-state index in [0.717, 1.165) is 0 Å². The van der Waals surface area contributed by atoms with E-state index in [1.165, 1.54) is 29.7 Å². The number of ketones is 1. The first-order chi connectivity index (χ1) is 13.9. The van der Waals surface area contributed by atoms with Crippen molar-refractivity contribution < 1.29 is 14.5 Å². The molecule has 8 nitrogen and oxygen atoms in total. The molecule has 4 rings (SSSR count). The Morgan fingerprint density at radius 3 is 2.52 bits per heavy atom. The number of non-ortho nitro benzene ring substituents is 1. The largest absolute Gasteiger partial charge is 0.356 e. The lowest BCUT2D eigenvalue weighted by molar-refractivity contribution is -0.384. The van der Waals surface area contributed by atoms with Crippen LogP contribution in [0.4, 0.5) is 5.69 Å². The summed E-state index contributed by atoms with van der Waals surface area (Å²) in [7, 11) is 0. The van der Waals surface area contributed by atoms with Gasteiger partial charge in [0, 0.05) is 48.7 Å². The number of benzene rings is 2. The van der Waals surface area contributed by atoms with Crippen molar-refractivity contribution in [3.8, 4) is 11.3 Å². The van der Waals surface area contributed by atoms with Crippen LogP contribution in [0, 0.1) is 10.1 Å². The van der Waals surface area contributed by atoms with Crippen LogP contribution >= 0.6 is 0 Å². The van der Waals surface area contributed by atoms with Crippen LogP contribution in [0.2, 0.25) is 0 Å². The highest BCUT2D eigenvalue weighted by molar-refractivity contribution is 6.26. The molecule has 3 aromatic rings. The quantitative estimate of drug-likeness (QED) is 0.319. The number of fused-ring (bicyclic) bond motifs is 5.